The number of benzene rings is 1. The number of nitrogens with one attached hydrogen (secondary N) is 2. The lowest BCUT2D eigenvalue weighted by atomic mass is 10.1. The van der Waals surface area contributed by atoms with Crippen molar-refractivity contribution in [2.75, 3.05) is 18.4 Å². The zero-order chi connectivity index (χ0) is 22.8. The summed E-state index contributed by atoms with van der Waals surface area (Å²) in [5.74, 6) is -0.298. The number of aryl methyl sites for hydroxylation is 1. The van der Waals surface area contributed by atoms with Crippen LogP contribution < -0.4 is 16.6 Å². The SMILES string of the molecule is CCCN(CC(=O)Nc1sc2c(c1C(N)=O)CCC2)Cc1nc2cc(Cl)ccc2c(=O)[nH]1. The van der Waals surface area contributed by atoms with E-state index < -0.39 is 5.91 Å². The van der Waals surface area contributed by atoms with Crippen molar-refractivity contribution in [1.82, 2.24) is 14.9 Å². The van der Waals surface area contributed by atoms with Crippen LogP contribution in [-0.4, -0.2) is 39.8 Å². The summed E-state index contributed by atoms with van der Waals surface area (Å²) < 4.78 is 0. The van der Waals surface area contributed by atoms with E-state index >= 15 is 0 Å². The normalized spacial score (nSPS) is 13.0. The molecule has 0 saturated carbocycles. The number of halogens is 1. The monoisotopic (exact) mass is 473 g/mol. The van der Waals surface area contributed by atoms with E-state index in [-0.39, 0.29) is 18.0 Å². The van der Waals surface area contributed by atoms with Crippen LogP contribution in [0.1, 0.15) is 46.4 Å². The molecule has 3 aromatic rings. The van der Waals surface area contributed by atoms with Crippen molar-refractivity contribution in [2.24, 2.45) is 5.73 Å². The Balaban J connectivity index is 1.51. The highest BCUT2D eigenvalue weighted by Crippen LogP contribution is 2.38. The fourth-order valence-electron chi connectivity index (χ4n) is 4.10. The molecular weight excluding hydrogens is 450 g/mol. The van der Waals surface area contributed by atoms with Gasteiger partial charge in [0, 0.05) is 9.90 Å². The molecule has 0 fully saturated rings. The third-order valence-electron chi connectivity index (χ3n) is 5.42. The van der Waals surface area contributed by atoms with E-state index in [4.69, 9.17) is 17.3 Å². The van der Waals surface area contributed by atoms with Crippen molar-refractivity contribution < 1.29 is 9.59 Å². The minimum Gasteiger partial charge on any atom is -0.365 e. The first-order valence-corrected chi connectivity index (χ1v) is 11.7. The van der Waals surface area contributed by atoms with E-state index in [1.165, 1.54) is 11.3 Å². The molecule has 32 heavy (non-hydrogen) atoms. The summed E-state index contributed by atoms with van der Waals surface area (Å²) in [5, 5.41) is 4.36. The zero-order valence-electron chi connectivity index (χ0n) is 17.7. The van der Waals surface area contributed by atoms with Crippen molar-refractivity contribution in [3.05, 3.63) is 55.4 Å². The standard InChI is InChI=1S/C22H24ClN5O3S/c1-2-8-28(10-17-25-15-9-12(23)6-7-13(15)21(31)26-17)11-18(29)27-22-19(20(24)30)14-4-3-5-16(14)32-22/h6-7,9H,2-5,8,10-11H2,1H3,(H2,24,30)(H,27,29)(H,25,26,31). The number of nitrogens with two attached hydrogens (primary N) is 1. The quantitative estimate of drug-likeness (QED) is 0.464. The number of aromatic nitrogens is 2. The first-order valence-electron chi connectivity index (χ1n) is 10.5. The molecule has 1 aliphatic carbocycles. The Bertz CT molecular complexity index is 1250. The van der Waals surface area contributed by atoms with E-state index in [2.05, 4.69) is 15.3 Å². The number of hydrogen-bond donors (Lipinski definition) is 3. The van der Waals surface area contributed by atoms with Gasteiger partial charge in [-0.25, -0.2) is 4.98 Å². The molecule has 1 aliphatic rings. The van der Waals surface area contributed by atoms with Crippen LogP contribution in [0.3, 0.4) is 0 Å². The number of hydrogen-bond acceptors (Lipinski definition) is 6. The van der Waals surface area contributed by atoms with Crippen LogP contribution in [0.5, 0.6) is 0 Å². The minimum absolute atomic E-state index is 0.0892. The van der Waals surface area contributed by atoms with Crippen molar-refractivity contribution in [2.45, 2.75) is 39.2 Å². The minimum atomic E-state index is -0.512. The van der Waals surface area contributed by atoms with E-state index in [1.54, 1.807) is 18.2 Å². The Morgan fingerprint density at radius 3 is 2.91 bits per heavy atom. The van der Waals surface area contributed by atoms with Gasteiger partial charge >= 0.3 is 0 Å². The van der Waals surface area contributed by atoms with E-state index in [0.29, 0.717) is 45.4 Å². The molecular formula is C22H24ClN5O3S. The molecule has 4 rings (SSSR count). The third kappa shape index (κ3) is 4.69. The molecule has 2 aromatic heterocycles. The summed E-state index contributed by atoms with van der Waals surface area (Å²) in [4.78, 5) is 47.5. The molecule has 4 N–H and O–H groups in total. The first kappa shape index (κ1) is 22.4. The van der Waals surface area contributed by atoms with Gasteiger partial charge in [-0.15, -0.1) is 11.3 Å². The number of carbonyl (C=O) groups is 2. The lowest BCUT2D eigenvalue weighted by Gasteiger charge is -2.20. The summed E-state index contributed by atoms with van der Waals surface area (Å²) >= 11 is 7.47. The lowest BCUT2D eigenvalue weighted by molar-refractivity contribution is -0.117. The molecule has 1 aromatic carbocycles. The van der Waals surface area contributed by atoms with Gasteiger partial charge in [-0.2, -0.15) is 0 Å². The van der Waals surface area contributed by atoms with Gasteiger partial charge in [0.25, 0.3) is 11.5 Å². The largest absolute Gasteiger partial charge is 0.365 e. The topological polar surface area (TPSA) is 121 Å². The van der Waals surface area contributed by atoms with Crippen LogP contribution in [0.15, 0.2) is 23.0 Å². The summed E-state index contributed by atoms with van der Waals surface area (Å²) in [6.45, 7) is 3.03. The van der Waals surface area contributed by atoms with Gasteiger partial charge in [0.15, 0.2) is 0 Å². The third-order valence-corrected chi connectivity index (χ3v) is 6.86. The maximum atomic E-state index is 12.8. The Morgan fingerprint density at radius 2 is 2.16 bits per heavy atom. The van der Waals surface area contributed by atoms with E-state index in [0.717, 1.165) is 36.1 Å². The van der Waals surface area contributed by atoms with Gasteiger partial charge in [0.1, 0.15) is 10.8 Å². The van der Waals surface area contributed by atoms with Crippen LogP contribution in [-0.2, 0) is 24.2 Å². The summed E-state index contributed by atoms with van der Waals surface area (Å²) in [6.07, 6.45) is 3.54. The van der Waals surface area contributed by atoms with E-state index in [9.17, 15) is 14.4 Å². The average molecular weight is 474 g/mol. The number of nitrogens with zero attached hydrogens (tertiary/aromatic N) is 2. The number of thiophene rings is 1. The number of fused-ring (bicyclic) bond motifs is 2. The number of carbonyl (C=O) groups excluding carboxylic acids is 2. The molecule has 0 atom stereocenters. The van der Waals surface area contributed by atoms with Gasteiger partial charge < -0.3 is 16.0 Å². The molecule has 10 heteroatoms. The van der Waals surface area contributed by atoms with Crippen molar-refractivity contribution in [3.63, 3.8) is 0 Å². The highest BCUT2D eigenvalue weighted by molar-refractivity contribution is 7.17. The van der Waals surface area contributed by atoms with Crippen LogP contribution in [0.25, 0.3) is 10.9 Å². The van der Waals surface area contributed by atoms with E-state index in [1.807, 2.05) is 11.8 Å². The second-order valence-electron chi connectivity index (χ2n) is 7.86. The molecule has 2 amide bonds. The summed E-state index contributed by atoms with van der Waals surface area (Å²) in [6, 6.07) is 4.93. The van der Waals surface area contributed by atoms with Crippen LogP contribution in [0, 0.1) is 0 Å². The second-order valence-corrected chi connectivity index (χ2v) is 9.40. The number of H-pyrrole nitrogens is 1. The van der Waals surface area contributed by atoms with Gasteiger partial charge in [-0.3, -0.25) is 19.3 Å². The molecule has 0 saturated heterocycles. The Hall–Kier alpha value is -2.75. The smallest absolute Gasteiger partial charge is 0.258 e. The summed E-state index contributed by atoms with van der Waals surface area (Å²) in [7, 11) is 0. The Morgan fingerprint density at radius 1 is 1.34 bits per heavy atom. The van der Waals surface area contributed by atoms with Gasteiger partial charge in [-0.1, -0.05) is 18.5 Å². The molecule has 8 nitrogen and oxygen atoms in total. The van der Waals surface area contributed by atoms with Gasteiger partial charge in [0.2, 0.25) is 5.91 Å². The number of anilines is 1. The summed E-state index contributed by atoms with van der Waals surface area (Å²) in [5.41, 5.74) is 7.26. The fraction of sp³-hybridized carbons (Fsp3) is 0.364. The van der Waals surface area contributed by atoms with Crippen molar-refractivity contribution in [3.8, 4) is 0 Å². The number of aromatic amines is 1. The molecule has 2 heterocycles. The molecule has 0 spiro atoms. The first-order chi connectivity index (χ1) is 15.4. The van der Waals surface area contributed by atoms with Gasteiger partial charge in [-0.05, 0) is 56.0 Å². The molecule has 0 unspecified atom stereocenters. The zero-order valence-corrected chi connectivity index (χ0v) is 19.2. The Kier molecular flexibility index (Phi) is 6.59. The average Bonchev–Trinajstić information content (AvgIpc) is 3.28. The predicted octanol–water partition coefficient (Wildman–Crippen LogP) is 3.08. The number of amides is 2. The molecule has 0 bridgehead atoms. The molecule has 0 radical (unpaired) electrons. The maximum Gasteiger partial charge on any atom is 0.258 e. The number of rotatable bonds is 8. The Labute approximate surface area is 193 Å². The van der Waals surface area contributed by atoms with Crippen LogP contribution >= 0.6 is 22.9 Å². The van der Waals surface area contributed by atoms with Gasteiger partial charge in [0.05, 0.1) is 29.6 Å². The van der Waals surface area contributed by atoms with Crippen molar-refractivity contribution in [1.29, 1.82) is 0 Å². The highest BCUT2D eigenvalue weighted by atomic mass is 35.5. The lowest BCUT2D eigenvalue weighted by Crippen LogP contribution is -2.34. The van der Waals surface area contributed by atoms with Crippen LogP contribution in [0.2, 0.25) is 5.02 Å². The highest BCUT2D eigenvalue weighted by Gasteiger charge is 2.26. The molecule has 168 valence electrons. The fourth-order valence-corrected chi connectivity index (χ4v) is 5.58. The predicted molar refractivity (Wildman–Crippen MR) is 126 cm³/mol. The second kappa shape index (κ2) is 9.40. The van der Waals surface area contributed by atoms with Crippen molar-refractivity contribution >= 4 is 50.7 Å². The molecule has 0 aliphatic heterocycles. The maximum absolute atomic E-state index is 12.8. The number of primary amides is 1. The van der Waals surface area contributed by atoms with Crippen LogP contribution in [0.4, 0.5) is 5.00 Å².